The Morgan fingerprint density at radius 1 is 1.28 bits per heavy atom. The van der Waals surface area contributed by atoms with Gasteiger partial charge in [-0.1, -0.05) is 43.7 Å². The van der Waals surface area contributed by atoms with Crippen molar-refractivity contribution in [2.75, 3.05) is 37.1 Å². The van der Waals surface area contributed by atoms with Gasteiger partial charge in [0.1, 0.15) is 6.10 Å². The molecule has 1 N–H and O–H groups in total. The summed E-state index contributed by atoms with van der Waals surface area (Å²) in [6, 6.07) is 3.27. The number of hydrogen-bond donors (Lipinski definition) is 1. The highest BCUT2D eigenvalue weighted by Gasteiger charge is 2.40. The third-order valence-corrected chi connectivity index (χ3v) is 8.22. The molecule has 4 atom stereocenters. The smallest absolute Gasteiger partial charge is 0.305 e. The second-order valence-corrected chi connectivity index (χ2v) is 12.0. The van der Waals surface area contributed by atoms with Crippen LogP contribution in [0.15, 0.2) is 35.9 Å². The third kappa shape index (κ3) is 7.74. The molecule has 2 aliphatic rings. The van der Waals surface area contributed by atoms with Crippen LogP contribution in [-0.4, -0.2) is 67.9 Å². The number of nitrogens with zero attached hydrogens (tertiary/aromatic N) is 3. The van der Waals surface area contributed by atoms with Crippen molar-refractivity contribution in [1.29, 1.82) is 0 Å². The zero-order chi connectivity index (χ0) is 26.3. The van der Waals surface area contributed by atoms with Gasteiger partial charge in [-0.25, -0.2) is 4.31 Å². The molecule has 3 unspecified atom stereocenters. The normalized spacial score (nSPS) is 23.9. The topological polar surface area (TPSA) is 101 Å². The summed E-state index contributed by atoms with van der Waals surface area (Å²) >= 11 is 11.7. The SMILES string of the molecule is CC(=O)NC[C@H]1CN(S(=O)(=O)N2CC(C)CC(C)C2)c2nc(OCCC(Cl)/C=C\C=C\Cl)ccc2O1. The number of ether oxygens (including phenoxy) is 2. The molecule has 1 amide bonds. The maximum Gasteiger partial charge on any atom is 0.305 e. The van der Waals surface area contributed by atoms with Crippen LogP contribution in [0.1, 0.15) is 33.6 Å². The molecule has 0 spiro atoms. The van der Waals surface area contributed by atoms with Crippen molar-refractivity contribution >= 4 is 45.1 Å². The summed E-state index contributed by atoms with van der Waals surface area (Å²) in [7, 11) is -3.89. The van der Waals surface area contributed by atoms with Crippen molar-refractivity contribution in [3.05, 3.63) is 35.9 Å². The molecular formula is C24H34Cl2N4O5S. The average Bonchev–Trinajstić information content (AvgIpc) is 2.81. The molecule has 12 heteroatoms. The van der Waals surface area contributed by atoms with Crippen molar-refractivity contribution in [2.45, 2.75) is 45.1 Å². The molecule has 0 bridgehead atoms. The molecule has 3 rings (SSSR count). The van der Waals surface area contributed by atoms with Crippen molar-refractivity contribution in [1.82, 2.24) is 14.6 Å². The van der Waals surface area contributed by atoms with Gasteiger partial charge < -0.3 is 14.8 Å². The van der Waals surface area contributed by atoms with Crippen molar-refractivity contribution in [3.8, 4) is 11.6 Å². The molecule has 0 aromatic carbocycles. The van der Waals surface area contributed by atoms with Crippen molar-refractivity contribution in [2.24, 2.45) is 11.8 Å². The van der Waals surface area contributed by atoms with E-state index < -0.39 is 16.3 Å². The fourth-order valence-corrected chi connectivity index (χ4v) is 6.48. The van der Waals surface area contributed by atoms with E-state index >= 15 is 0 Å². The van der Waals surface area contributed by atoms with E-state index in [-0.39, 0.29) is 54.5 Å². The number of carbonyl (C=O) groups excluding carboxylic acids is 1. The highest BCUT2D eigenvalue weighted by molar-refractivity contribution is 7.90. The molecule has 1 aromatic heterocycles. The third-order valence-electron chi connectivity index (χ3n) is 5.88. The Labute approximate surface area is 223 Å². The van der Waals surface area contributed by atoms with Gasteiger partial charge in [-0.05, 0) is 24.3 Å². The maximum atomic E-state index is 13.8. The van der Waals surface area contributed by atoms with Crippen LogP contribution < -0.4 is 19.1 Å². The van der Waals surface area contributed by atoms with E-state index in [0.717, 1.165) is 6.42 Å². The largest absolute Gasteiger partial charge is 0.483 e. The molecule has 0 aliphatic carbocycles. The summed E-state index contributed by atoms with van der Waals surface area (Å²) in [6.07, 6.45) is 6.15. The molecule has 2 aliphatic heterocycles. The maximum absolute atomic E-state index is 13.8. The molecule has 1 aromatic rings. The summed E-state index contributed by atoms with van der Waals surface area (Å²) in [4.78, 5) is 15.9. The summed E-state index contributed by atoms with van der Waals surface area (Å²) in [6.45, 7) is 6.88. The van der Waals surface area contributed by atoms with Crippen LogP contribution in [0.2, 0.25) is 0 Å². The lowest BCUT2D eigenvalue weighted by Gasteiger charge is -2.40. The van der Waals surface area contributed by atoms with Crippen molar-refractivity contribution in [3.63, 3.8) is 0 Å². The molecule has 1 fully saturated rings. The minimum atomic E-state index is -3.89. The van der Waals surface area contributed by atoms with E-state index in [4.69, 9.17) is 32.7 Å². The first-order valence-electron chi connectivity index (χ1n) is 12.0. The van der Waals surface area contributed by atoms with Gasteiger partial charge in [-0.15, -0.1) is 11.6 Å². The first-order valence-corrected chi connectivity index (χ1v) is 14.3. The molecule has 0 saturated carbocycles. The molecule has 36 heavy (non-hydrogen) atoms. The predicted octanol–water partition coefficient (Wildman–Crippen LogP) is 3.69. The Bertz CT molecular complexity index is 1060. The lowest BCUT2D eigenvalue weighted by molar-refractivity contribution is -0.119. The minimum absolute atomic E-state index is 0.0218. The van der Waals surface area contributed by atoms with Gasteiger partial charge in [0.25, 0.3) is 0 Å². The first-order chi connectivity index (χ1) is 17.1. The Morgan fingerprint density at radius 3 is 2.67 bits per heavy atom. The fourth-order valence-electron chi connectivity index (χ4n) is 4.36. The number of alkyl halides is 1. The lowest BCUT2D eigenvalue weighted by Crippen LogP contribution is -2.55. The second-order valence-electron chi connectivity index (χ2n) is 9.31. The summed E-state index contributed by atoms with van der Waals surface area (Å²) < 4.78 is 42.2. The van der Waals surface area contributed by atoms with E-state index in [1.807, 2.05) is 0 Å². The number of pyridine rings is 1. The van der Waals surface area contributed by atoms with Crippen LogP contribution in [0.5, 0.6) is 11.6 Å². The van der Waals surface area contributed by atoms with Gasteiger partial charge in [0.05, 0.1) is 25.1 Å². The van der Waals surface area contributed by atoms with Gasteiger partial charge >= 0.3 is 10.2 Å². The van der Waals surface area contributed by atoms with Gasteiger partial charge in [0, 0.05) is 38.0 Å². The Hall–Kier alpha value is -2.01. The number of amides is 1. The number of aromatic nitrogens is 1. The summed E-state index contributed by atoms with van der Waals surface area (Å²) in [5, 5.41) is 2.45. The Morgan fingerprint density at radius 2 is 2.00 bits per heavy atom. The van der Waals surface area contributed by atoms with Crippen LogP contribution >= 0.6 is 23.2 Å². The van der Waals surface area contributed by atoms with Crippen LogP contribution in [0.25, 0.3) is 0 Å². The van der Waals surface area contributed by atoms with Gasteiger partial charge in [-0.3, -0.25) is 4.79 Å². The van der Waals surface area contributed by atoms with Crippen LogP contribution in [0.4, 0.5) is 5.82 Å². The van der Waals surface area contributed by atoms with Crippen LogP contribution in [0, 0.1) is 11.8 Å². The number of rotatable bonds is 10. The number of nitrogens with one attached hydrogen (secondary N) is 1. The van der Waals surface area contributed by atoms with Crippen molar-refractivity contribution < 1.29 is 22.7 Å². The first kappa shape index (κ1) is 28.6. The number of allylic oxidation sites excluding steroid dienone is 3. The fraction of sp³-hybridized carbons (Fsp3) is 0.583. The number of anilines is 1. The molecule has 1 saturated heterocycles. The van der Waals surface area contributed by atoms with Gasteiger partial charge in [0.15, 0.2) is 11.6 Å². The van der Waals surface area contributed by atoms with Gasteiger partial charge in [0.2, 0.25) is 11.8 Å². The van der Waals surface area contributed by atoms with E-state index in [1.54, 1.807) is 30.4 Å². The molecular weight excluding hydrogens is 527 g/mol. The molecule has 200 valence electrons. The quantitative estimate of drug-likeness (QED) is 0.346. The van der Waals surface area contributed by atoms with E-state index in [0.29, 0.717) is 25.3 Å². The lowest BCUT2D eigenvalue weighted by atomic mass is 9.94. The number of halogens is 2. The van der Waals surface area contributed by atoms with E-state index in [9.17, 15) is 13.2 Å². The highest BCUT2D eigenvalue weighted by Crippen LogP contribution is 2.37. The van der Waals surface area contributed by atoms with E-state index in [1.165, 1.54) is 21.1 Å². The summed E-state index contributed by atoms with van der Waals surface area (Å²) in [5.74, 6) is 1.04. The summed E-state index contributed by atoms with van der Waals surface area (Å²) in [5.41, 5.74) is 1.39. The van der Waals surface area contributed by atoms with Crippen LogP contribution in [0.3, 0.4) is 0 Å². The van der Waals surface area contributed by atoms with Gasteiger partial charge in [-0.2, -0.15) is 17.7 Å². The molecule has 9 nitrogen and oxygen atoms in total. The second kappa shape index (κ2) is 13.0. The zero-order valence-electron chi connectivity index (χ0n) is 20.8. The number of fused-ring (bicyclic) bond motifs is 1. The highest BCUT2D eigenvalue weighted by atomic mass is 35.5. The minimum Gasteiger partial charge on any atom is -0.483 e. The number of carbonyl (C=O) groups is 1. The average molecular weight is 562 g/mol. The van der Waals surface area contributed by atoms with Crippen LogP contribution in [-0.2, 0) is 15.0 Å². The predicted molar refractivity (Wildman–Crippen MR) is 142 cm³/mol. The van der Waals surface area contributed by atoms with E-state index in [2.05, 4.69) is 24.1 Å². The zero-order valence-corrected chi connectivity index (χ0v) is 23.1. The molecule has 0 radical (unpaired) electrons. The number of piperidine rings is 1. The Kier molecular flexibility index (Phi) is 10.3. The molecule has 3 heterocycles. The Balaban J connectivity index is 1.82. The number of hydrogen-bond acceptors (Lipinski definition) is 6. The monoisotopic (exact) mass is 560 g/mol. The standard InChI is InChI=1S/C24H34Cl2N4O5S/c1-17-12-18(2)15-29(14-17)36(32,33)30-16-21(13-27-19(3)31)35-22-7-8-23(28-24(22)30)34-11-9-20(26)6-4-5-10-25/h4-8,10,17-18,20-21H,9,11-16H2,1-3H3,(H,27,31)/b6-4-,10-5+/t17?,18?,20?,21-/m0/s1.